The molecule has 2 N–H and O–H groups in total. The van der Waals surface area contributed by atoms with Gasteiger partial charge in [-0.25, -0.2) is 27.2 Å². The van der Waals surface area contributed by atoms with Crippen molar-refractivity contribution in [2.45, 2.75) is 37.2 Å². The van der Waals surface area contributed by atoms with Gasteiger partial charge in [-0.1, -0.05) is 0 Å². The van der Waals surface area contributed by atoms with Gasteiger partial charge in [-0.05, 0) is 12.1 Å². The molecule has 1 atom stereocenters. The van der Waals surface area contributed by atoms with Crippen molar-refractivity contribution in [1.82, 2.24) is 4.90 Å². The number of carbonyl (C=O) groups is 2. The third-order valence-corrected chi connectivity index (χ3v) is 4.78. The minimum absolute atomic E-state index is 0.230. The lowest BCUT2D eigenvalue weighted by atomic mass is 9.85. The summed E-state index contributed by atoms with van der Waals surface area (Å²) < 4.78 is 101. The quantitative estimate of drug-likeness (QED) is 0.525. The summed E-state index contributed by atoms with van der Waals surface area (Å²) >= 11 is 0. The number of carboxylic acid groups (broad SMARTS) is 1. The van der Waals surface area contributed by atoms with Crippen LogP contribution in [0.15, 0.2) is 12.1 Å². The van der Waals surface area contributed by atoms with Crippen molar-refractivity contribution in [3.8, 4) is 0 Å². The lowest BCUT2D eigenvalue weighted by molar-refractivity contribution is -0.139. The number of benzene rings is 1. The summed E-state index contributed by atoms with van der Waals surface area (Å²) in [7, 11) is 0.875. The number of methoxy groups -OCH3 is 1. The number of halogens is 7. The van der Waals surface area contributed by atoms with Crippen LogP contribution in [0.25, 0.3) is 0 Å². The van der Waals surface area contributed by atoms with E-state index >= 15 is 4.39 Å². The number of likely N-dealkylation sites (tertiary alicyclic amines) is 1. The third kappa shape index (κ3) is 4.87. The Labute approximate surface area is 165 Å². The van der Waals surface area contributed by atoms with Crippen molar-refractivity contribution < 1.29 is 50.2 Å². The van der Waals surface area contributed by atoms with Crippen molar-refractivity contribution in [3.05, 3.63) is 29.1 Å². The van der Waals surface area contributed by atoms with E-state index in [-0.39, 0.29) is 6.07 Å². The van der Waals surface area contributed by atoms with E-state index in [1.54, 1.807) is 5.32 Å². The highest BCUT2D eigenvalue weighted by molar-refractivity contribution is 5.91. The molecule has 1 aliphatic rings. The number of ether oxygens (including phenoxy) is 1. The van der Waals surface area contributed by atoms with Crippen LogP contribution in [-0.4, -0.2) is 60.4 Å². The summed E-state index contributed by atoms with van der Waals surface area (Å²) in [6.07, 6.45) is -11.7. The van der Waals surface area contributed by atoms with E-state index in [1.807, 2.05) is 0 Å². The van der Waals surface area contributed by atoms with Gasteiger partial charge >= 0.3 is 18.2 Å². The first kappa shape index (κ1) is 23.5. The summed E-state index contributed by atoms with van der Waals surface area (Å²) in [4.78, 5) is 23.3. The molecule has 0 aromatic heterocycles. The van der Waals surface area contributed by atoms with Crippen LogP contribution in [0.3, 0.4) is 0 Å². The Kier molecular flexibility index (Phi) is 6.72. The van der Waals surface area contributed by atoms with Crippen LogP contribution in [0.2, 0.25) is 0 Å². The molecule has 1 aliphatic heterocycles. The number of hydrogen-bond acceptors (Lipinski definition) is 4. The Morgan fingerprint density at radius 1 is 1.23 bits per heavy atom. The molecule has 0 saturated carbocycles. The smallest absolute Gasteiger partial charge is 0.421 e. The Balaban J connectivity index is 2.47. The minimum atomic E-state index is -5.34. The van der Waals surface area contributed by atoms with Crippen molar-refractivity contribution in [2.24, 2.45) is 0 Å². The number of piperidine rings is 1. The zero-order valence-electron chi connectivity index (χ0n) is 15.4. The van der Waals surface area contributed by atoms with E-state index in [9.17, 15) is 35.9 Å². The van der Waals surface area contributed by atoms with E-state index in [1.165, 1.54) is 0 Å². The molecule has 0 aliphatic carbocycles. The molecule has 1 fully saturated rings. The first-order valence-electron chi connectivity index (χ1n) is 8.50. The second-order valence-corrected chi connectivity index (χ2v) is 6.63. The molecular formula is C17H17F7N2O4. The van der Waals surface area contributed by atoms with Gasteiger partial charge < -0.3 is 20.1 Å². The largest absolute Gasteiger partial charge is 0.465 e. The number of anilines is 1. The first-order valence-corrected chi connectivity index (χ1v) is 8.50. The molecule has 6 nitrogen and oxygen atoms in total. The molecule has 1 aromatic carbocycles. The van der Waals surface area contributed by atoms with Crippen LogP contribution in [0.4, 0.5) is 41.2 Å². The summed E-state index contributed by atoms with van der Waals surface area (Å²) in [5.41, 5.74) is -6.73. The maximum absolute atomic E-state index is 15.2. The lowest BCUT2D eigenvalue weighted by Gasteiger charge is -2.40. The number of amides is 1. The highest BCUT2D eigenvalue weighted by Crippen LogP contribution is 2.41. The van der Waals surface area contributed by atoms with E-state index in [0.29, 0.717) is 6.07 Å². The van der Waals surface area contributed by atoms with Gasteiger partial charge in [0.1, 0.15) is 23.1 Å². The fraction of sp³-hybridized carbons (Fsp3) is 0.529. The summed E-state index contributed by atoms with van der Waals surface area (Å²) in [6.45, 7) is -0.918. The maximum Gasteiger partial charge on any atom is 0.421 e. The molecule has 0 radical (unpaired) electrons. The van der Waals surface area contributed by atoms with E-state index in [0.717, 1.165) is 12.0 Å². The molecule has 13 heteroatoms. The van der Waals surface area contributed by atoms with Gasteiger partial charge in [0.05, 0.1) is 18.4 Å². The molecule has 1 heterocycles. The van der Waals surface area contributed by atoms with E-state index < -0.39 is 84.9 Å². The number of hydrogen-bond donors (Lipinski definition) is 2. The fourth-order valence-corrected chi connectivity index (χ4v) is 3.21. The summed E-state index contributed by atoms with van der Waals surface area (Å²) in [5.74, 6) is -3.17. The van der Waals surface area contributed by atoms with Crippen molar-refractivity contribution in [1.29, 1.82) is 0 Å². The normalized spacial score (nSPS) is 17.6. The average molecular weight is 446 g/mol. The summed E-state index contributed by atoms with van der Waals surface area (Å²) in [5, 5.41) is 10.6. The molecule has 2 rings (SSSR count). The number of rotatable bonds is 5. The van der Waals surface area contributed by atoms with Crippen LogP contribution < -0.4 is 5.32 Å². The molecule has 1 amide bonds. The van der Waals surface area contributed by atoms with Crippen molar-refractivity contribution in [2.75, 3.05) is 25.5 Å². The van der Waals surface area contributed by atoms with E-state index in [4.69, 9.17) is 5.11 Å². The Morgan fingerprint density at radius 2 is 1.80 bits per heavy atom. The number of carbonyl (C=O) groups excluding carboxylic acids is 1. The zero-order chi connectivity index (χ0) is 22.9. The first-order chi connectivity index (χ1) is 13.8. The standard InChI is InChI=1S/C17H17F7N2O4/c1-30-14(27)8-6-9(18)11(17(22,23)24)10(7-8)25-12(13(19)20)16(21)2-4-26(5-3-16)15(28)29/h6-7,12-13,25H,2-5H2,1H3,(H,28,29)/t12-/m0/s1. The Hall–Kier alpha value is -2.73. The fourth-order valence-electron chi connectivity index (χ4n) is 3.21. The molecule has 0 spiro atoms. The number of nitrogens with zero attached hydrogens (tertiary/aromatic N) is 1. The van der Waals surface area contributed by atoms with Crippen LogP contribution in [0, 0.1) is 5.82 Å². The van der Waals surface area contributed by atoms with Gasteiger partial charge in [-0.2, -0.15) is 13.2 Å². The number of nitrogens with one attached hydrogen (secondary N) is 1. The van der Waals surface area contributed by atoms with Crippen molar-refractivity contribution in [3.63, 3.8) is 0 Å². The molecule has 0 unspecified atom stereocenters. The highest BCUT2D eigenvalue weighted by atomic mass is 19.4. The molecule has 1 aromatic rings. The molecule has 0 bridgehead atoms. The zero-order valence-corrected chi connectivity index (χ0v) is 15.4. The number of esters is 1. The van der Waals surface area contributed by atoms with Gasteiger partial charge in [0.15, 0.2) is 0 Å². The second kappa shape index (κ2) is 8.56. The maximum atomic E-state index is 15.2. The van der Waals surface area contributed by atoms with Crippen LogP contribution in [-0.2, 0) is 10.9 Å². The second-order valence-electron chi connectivity index (χ2n) is 6.63. The molecule has 1 saturated heterocycles. The van der Waals surface area contributed by atoms with Gasteiger partial charge in [0.2, 0.25) is 0 Å². The van der Waals surface area contributed by atoms with Crippen molar-refractivity contribution >= 4 is 17.7 Å². The summed E-state index contributed by atoms with van der Waals surface area (Å²) in [6, 6.07) is -1.85. The topological polar surface area (TPSA) is 78.9 Å². The SMILES string of the molecule is COC(=O)c1cc(F)c(C(F)(F)F)c(N[C@@H](C(F)F)C2(F)CCN(C(=O)O)CC2)c1. The minimum Gasteiger partial charge on any atom is -0.465 e. The third-order valence-electron chi connectivity index (χ3n) is 4.78. The van der Waals surface area contributed by atoms with Crippen LogP contribution in [0.5, 0.6) is 0 Å². The van der Waals surface area contributed by atoms with Gasteiger partial charge in [-0.15, -0.1) is 0 Å². The monoisotopic (exact) mass is 446 g/mol. The predicted octanol–water partition coefficient (Wildman–Crippen LogP) is 4.16. The van der Waals surface area contributed by atoms with Gasteiger partial charge in [-0.3, -0.25) is 0 Å². The Bertz CT molecular complexity index is 808. The van der Waals surface area contributed by atoms with Gasteiger partial charge in [0.25, 0.3) is 6.43 Å². The highest BCUT2D eigenvalue weighted by Gasteiger charge is 2.48. The number of alkyl halides is 6. The van der Waals surface area contributed by atoms with E-state index in [2.05, 4.69) is 4.74 Å². The molecular weight excluding hydrogens is 429 g/mol. The molecule has 30 heavy (non-hydrogen) atoms. The van der Waals surface area contributed by atoms with Gasteiger partial charge in [0, 0.05) is 25.9 Å². The molecule has 168 valence electrons. The Morgan fingerprint density at radius 3 is 2.23 bits per heavy atom. The average Bonchev–Trinajstić information content (AvgIpc) is 2.63. The lowest BCUT2D eigenvalue weighted by Crippen LogP contribution is -2.55. The van der Waals surface area contributed by atoms with Crippen LogP contribution >= 0.6 is 0 Å². The predicted molar refractivity (Wildman–Crippen MR) is 88.8 cm³/mol. The van der Waals surface area contributed by atoms with Crippen LogP contribution in [0.1, 0.15) is 28.8 Å².